The van der Waals surface area contributed by atoms with Gasteiger partial charge in [-0.1, -0.05) is 53.0 Å². The average molecular weight is 680 g/mol. The highest BCUT2D eigenvalue weighted by atomic mass is 35.5. The number of allylic oxidation sites excluding steroid dienone is 1. The van der Waals surface area contributed by atoms with Crippen LogP contribution in [-0.2, 0) is 37.4 Å². The highest BCUT2D eigenvalue weighted by Crippen LogP contribution is 2.36. The number of esters is 1. The zero-order chi connectivity index (χ0) is 33.3. The van der Waals surface area contributed by atoms with Crippen molar-refractivity contribution in [2.75, 3.05) is 12.0 Å². The van der Waals surface area contributed by atoms with Gasteiger partial charge in [0.2, 0.25) is 10.0 Å². The molecule has 0 unspecified atom stereocenters. The topological polar surface area (TPSA) is 97.1 Å². The molecule has 0 N–H and O–H groups in total. The highest BCUT2D eigenvalue weighted by Gasteiger charge is 2.38. The molecule has 0 aliphatic carbocycles. The number of nitrogens with zero attached hydrogens (tertiary/aromatic N) is 2. The molecule has 8 nitrogen and oxygen atoms in total. The molecule has 0 radical (unpaired) electrons. The number of benzene rings is 3. The Kier molecular flexibility index (Phi) is 9.60. The van der Waals surface area contributed by atoms with Crippen molar-refractivity contribution in [2.45, 2.75) is 45.7 Å². The van der Waals surface area contributed by atoms with E-state index in [0.717, 1.165) is 16.7 Å². The van der Waals surface area contributed by atoms with Crippen LogP contribution in [0.25, 0.3) is 6.08 Å². The predicted octanol–water partition coefficient (Wildman–Crippen LogP) is 7.78. The first kappa shape index (κ1) is 33.2. The van der Waals surface area contributed by atoms with Gasteiger partial charge in [0, 0.05) is 28.0 Å². The molecule has 0 fully saturated rings. The van der Waals surface area contributed by atoms with Gasteiger partial charge in [0.25, 0.3) is 5.91 Å². The Bertz CT molecular complexity index is 2010. The summed E-state index contributed by atoms with van der Waals surface area (Å²) in [5, 5.41) is 0.755. The molecule has 1 aromatic heterocycles. The van der Waals surface area contributed by atoms with Crippen LogP contribution in [0.2, 0.25) is 10.0 Å². The molecular formula is C35H32Cl2N2O6S. The van der Waals surface area contributed by atoms with Crippen LogP contribution < -0.4 is 4.90 Å². The molecule has 0 saturated heterocycles. The summed E-state index contributed by atoms with van der Waals surface area (Å²) >= 11 is 12.5. The third kappa shape index (κ3) is 6.69. The second-order valence-corrected chi connectivity index (χ2v) is 13.8. The zero-order valence-electron chi connectivity index (χ0n) is 25.9. The molecule has 3 aromatic carbocycles. The first-order valence-corrected chi connectivity index (χ1v) is 16.5. The number of carbonyl (C=O) groups is 2. The molecule has 1 aliphatic heterocycles. The minimum absolute atomic E-state index is 0.0544. The third-order valence-electron chi connectivity index (χ3n) is 7.86. The molecule has 5 rings (SSSR count). The lowest BCUT2D eigenvalue weighted by Gasteiger charge is -2.22. The number of anilines is 1. The van der Waals surface area contributed by atoms with Gasteiger partial charge in [-0.25, -0.2) is 13.2 Å². The Morgan fingerprint density at radius 2 is 1.63 bits per heavy atom. The summed E-state index contributed by atoms with van der Waals surface area (Å²) in [6, 6.07) is 20.3. The molecule has 0 atom stereocenters. The lowest BCUT2D eigenvalue weighted by molar-refractivity contribution is -0.136. The number of amides is 1. The second kappa shape index (κ2) is 13.3. The van der Waals surface area contributed by atoms with Crippen molar-refractivity contribution in [2.24, 2.45) is 0 Å². The molecular weight excluding hydrogens is 647 g/mol. The molecule has 4 aromatic rings. The monoisotopic (exact) mass is 678 g/mol. The van der Waals surface area contributed by atoms with Crippen molar-refractivity contribution in [3.05, 3.63) is 133 Å². The average Bonchev–Trinajstić information content (AvgIpc) is 3.55. The van der Waals surface area contributed by atoms with Crippen molar-refractivity contribution >= 4 is 56.9 Å². The van der Waals surface area contributed by atoms with E-state index in [-0.39, 0.29) is 34.9 Å². The SMILES string of the molecule is COC(=O)C1=C(C)N(c2ccc(C)c(C)c2)C(=O)/C1=C/c1ccc(CN(Cc2ccc(Cl)cc2Cl)S(=O)(=O)c2ccc(C)cc2)o1. The number of furan rings is 1. The predicted molar refractivity (Wildman–Crippen MR) is 179 cm³/mol. The fourth-order valence-electron chi connectivity index (χ4n) is 5.15. The maximum atomic E-state index is 13.9. The number of aryl methyl sites for hydroxylation is 3. The van der Waals surface area contributed by atoms with Gasteiger partial charge < -0.3 is 9.15 Å². The van der Waals surface area contributed by atoms with Crippen molar-refractivity contribution in [3.63, 3.8) is 0 Å². The smallest absolute Gasteiger partial charge is 0.340 e. The van der Waals surface area contributed by atoms with Crippen LogP contribution >= 0.6 is 23.2 Å². The summed E-state index contributed by atoms with van der Waals surface area (Å²) in [7, 11) is -2.75. The van der Waals surface area contributed by atoms with E-state index in [1.807, 2.05) is 39.0 Å². The van der Waals surface area contributed by atoms with Crippen molar-refractivity contribution in [1.29, 1.82) is 0 Å². The fourth-order valence-corrected chi connectivity index (χ4v) is 7.01. The number of halogens is 2. The van der Waals surface area contributed by atoms with Gasteiger partial charge >= 0.3 is 5.97 Å². The largest absolute Gasteiger partial charge is 0.465 e. The lowest BCUT2D eigenvalue weighted by atomic mass is 10.1. The molecule has 1 amide bonds. The quantitative estimate of drug-likeness (QED) is 0.132. The summed E-state index contributed by atoms with van der Waals surface area (Å²) in [4.78, 5) is 28.2. The zero-order valence-corrected chi connectivity index (χ0v) is 28.3. The summed E-state index contributed by atoms with van der Waals surface area (Å²) in [5.74, 6) is -0.512. The van der Waals surface area contributed by atoms with E-state index < -0.39 is 21.9 Å². The van der Waals surface area contributed by atoms with Crippen LogP contribution in [0.3, 0.4) is 0 Å². The van der Waals surface area contributed by atoms with Crippen molar-refractivity contribution in [1.82, 2.24) is 4.31 Å². The van der Waals surface area contributed by atoms with Crippen molar-refractivity contribution in [3.8, 4) is 0 Å². The van der Waals surface area contributed by atoms with Gasteiger partial charge in [0.1, 0.15) is 11.5 Å². The summed E-state index contributed by atoms with van der Waals surface area (Å²) in [5.41, 5.74) is 4.80. The number of hydrogen-bond donors (Lipinski definition) is 0. The first-order chi connectivity index (χ1) is 21.8. The maximum absolute atomic E-state index is 13.9. The fraction of sp³-hybridized carbons (Fsp3) is 0.200. The molecule has 0 bridgehead atoms. The number of sulfonamides is 1. The maximum Gasteiger partial charge on any atom is 0.340 e. The van der Waals surface area contributed by atoms with Gasteiger partial charge in [-0.15, -0.1) is 0 Å². The van der Waals surface area contributed by atoms with E-state index in [9.17, 15) is 18.0 Å². The molecule has 0 saturated carbocycles. The van der Waals surface area contributed by atoms with Gasteiger partial charge in [-0.05, 0) is 99.0 Å². The van der Waals surface area contributed by atoms with E-state index in [1.54, 1.807) is 61.5 Å². The molecule has 11 heteroatoms. The van der Waals surface area contributed by atoms with E-state index in [0.29, 0.717) is 32.8 Å². The second-order valence-electron chi connectivity index (χ2n) is 11.0. The Hall–Kier alpha value is -4.15. The number of ether oxygens (including phenoxy) is 1. The van der Waals surface area contributed by atoms with E-state index in [1.165, 1.54) is 22.4 Å². The van der Waals surface area contributed by atoms with Gasteiger partial charge in [0.05, 0.1) is 29.7 Å². The van der Waals surface area contributed by atoms with E-state index in [4.69, 9.17) is 32.4 Å². The first-order valence-electron chi connectivity index (χ1n) is 14.3. The van der Waals surface area contributed by atoms with Crippen molar-refractivity contribution < 1.29 is 27.2 Å². The van der Waals surface area contributed by atoms with Gasteiger partial charge in [-0.3, -0.25) is 9.69 Å². The van der Waals surface area contributed by atoms with Gasteiger partial charge in [0.15, 0.2) is 0 Å². The Morgan fingerprint density at radius 1 is 0.913 bits per heavy atom. The normalized spacial score (nSPS) is 14.6. The molecule has 238 valence electrons. The third-order valence-corrected chi connectivity index (χ3v) is 10.3. The number of carbonyl (C=O) groups excluding carboxylic acids is 2. The molecule has 2 heterocycles. The number of rotatable bonds is 9. The van der Waals surface area contributed by atoms with E-state index >= 15 is 0 Å². The summed E-state index contributed by atoms with van der Waals surface area (Å²) in [6.07, 6.45) is 1.47. The molecule has 1 aliphatic rings. The van der Waals surface area contributed by atoms with Crippen LogP contribution in [0.4, 0.5) is 5.69 Å². The van der Waals surface area contributed by atoms with Crippen LogP contribution in [0.1, 0.15) is 40.7 Å². The summed E-state index contributed by atoms with van der Waals surface area (Å²) in [6.45, 7) is 7.29. The molecule has 46 heavy (non-hydrogen) atoms. The number of hydrogen-bond acceptors (Lipinski definition) is 6. The molecule has 0 spiro atoms. The Morgan fingerprint density at radius 3 is 2.28 bits per heavy atom. The Balaban J connectivity index is 1.50. The summed E-state index contributed by atoms with van der Waals surface area (Å²) < 4.78 is 40.1. The lowest BCUT2D eigenvalue weighted by Crippen LogP contribution is -2.30. The van der Waals surface area contributed by atoms with E-state index in [2.05, 4.69) is 0 Å². The van der Waals surface area contributed by atoms with Crippen LogP contribution in [-0.4, -0.2) is 31.7 Å². The van der Waals surface area contributed by atoms with Crippen LogP contribution in [0.5, 0.6) is 0 Å². The minimum atomic E-state index is -4.00. The number of methoxy groups -OCH3 is 1. The standard InChI is InChI=1S/C35H32Cl2N2O6S/c1-21-6-14-30(15-7-21)46(42,43)38(19-25-9-10-26(36)17-32(25)37)20-29-13-12-28(45-29)18-31-33(35(41)44-5)24(4)39(34(31)40)27-11-8-22(2)23(3)16-27/h6-18H,19-20H2,1-5H3/b31-18+. The van der Waals surface area contributed by atoms with Crippen LogP contribution in [0, 0.1) is 20.8 Å². The highest BCUT2D eigenvalue weighted by molar-refractivity contribution is 7.89. The van der Waals surface area contributed by atoms with Gasteiger partial charge in [-0.2, -0.15) is 4.31 Å². The Labute approximate surface area is 278 Å². The minimum Gasteiger partial charge on any atom is -0.465 e. The van der Waals surface area contributed by atoms with Crippen LogP contribution in [0.15, 0.2) is 99.0 Å².